The Kier molecular flexibility index (Phi) is 4.43. The van der Waals surface area contributed by atoms with Crippen molar-refractivity contribution in [3.05, 3.63) is 53.3 Å². The van der Waals surface area contributed by atoms with Crippen LogP contribution in [-0.4, -0.2) is 41.6 Å². The van der Waals surface area contributed by atoms with Crippen molar-refractivity contribution in [3.63, 3.8) is 0 Å². The van der Waals surface area contributed by atoms with Gasteiger partial charge in [-0.15, -0.1) is 0 Å². The second kappa shape index (κ2) is 7.03. The molecule has 2 aliphatic heterocycles. The van der Waals surface area contributed by atoms with Crippen molar-refractivity contribution in [2.75, 3.05) is 19.9 Å². The van der Waals surface area contributed by atoms with Gasteiger partial charge in [0.2, 0.25) is 6.79 Å². The molecule has 0 atom stereocenters. The van der Waals surface area contributed by atoms with Crippen LogP contribution >= 0.6 is 0 Å². The van der Waals surface area contributed by atoms with Gasteiger partial charge in [-0.25, -0.2) is 0 Å². The number of fused-ring (bicyclic) bond motifs is 1. The minimum Gasteiger partial charge on any atom is -0.454 e. The van der Waals surface area contributed by atoms with E-state index in [1.54, 1.807) is 17.0 Å². The van der Waals surface area contributed by atoms with Crippen molar-refractivity contribution in [1.82, 2.24) is 15.2 Å². The van der Waals surface area contributed by atoms with E-state index in [1.165, 1.54) is 6.20 Å². The van der Waals surface area contributed by atoms with Gasteiger partial charge in [-0.1, -0.05) is 6.07 Å². The maximum absolute atomic E-state index is 12.4. The van der Waals surface area contributed by atoms with E-state index < -0.39 is 0 Å². The Balaban J connectivity index is 1.41. The number of pyridine rings is 1. The lowest BCUT2D eigenvalue weighted by Crippen LogP contribution is -2.29. The van der Waals surface area contributed by atoms with Crippen molar-refractivity contribution in [1.29, 1.82) is 0 Å². The molecule has 7 nitrogen and oxygen atoms in total. The average molecular weight is 353 g/mol. The summed E-state index contributed by atoms with van der Waals surface area (Å²) in [6.07, 6.45) is 3.53. The van der Waals surface area contributed by atoms with Gasteiger partial charge in [0.05, 0.1) is 0 Å². The van der Waals surface area contributed by atoms with Crippen molar-refractivity contribution >= 4 is 11.8 Å². The van der Waals surface area contributed by atoms with Crippen molar-refractivity contribution in [2.24, 2.45) is 0 Å². The van der Waals surface area contributed by atoms with Crippen molar-refractivity contribution in [2.45, 2.75) is 19.4 Å². The van der Waals surface area contributed by atoms with Gasteiger partial charge in [-0.3, -0.25) is 14.6 Å². The first-order chi connectivity index (χ1) is 12.7. The monoisotopic (exact) mass is 353 g/mol. The molecule has 0 saturated carbocycles. The van der Waals surface area contributed by atoms with Crippen molar-refractivity contribution in [3.8, 4) is 11.5 Å². The van der Waals surface area contributed by atoms with Gasteiger partial charge in [0.25, 0.3) is 11.8 Å². The molecular formula is C19H19N3O4. The topological polar surface area (TPSA) is 80.8 Å². The Labute approximate surface area is 150 Å². The summed E-state index contributed by atoms with van der Waals surface area (Å²) in [5, 5.41) is 2.85. The second-order valence-corrected chi connectivity index (χ2v) is 6.30. The molecule has 1 N–H and O–H groups in total. The molecule has 0 bridgehead atoms. The number of amides is 2. The van der Waals surface area contributed by atoms with Gasteiger partial charge in [0.1, 0.15) is 5.69 Å². The number of hydrogen-bond acceptors (Lipinski definition) is 5. The zero-order chi connectivity index (χ0) is 17.9. The fourth-order valence-corrected chi connectivity index (χ4v) is 3.11. The summed E-state index contributed by atoms with van der Waals surface area (Å²) in [7, 11) is 0. The molecule has 134 valence electrons. The van der Waals surface area contributed by atoms with Crippen molar-refractivity contribution < 1.29 is 19.1 Å². The molecule has 2 aliphatic rings. The lowest BCUT2D eigenvalue weighted by atomic mass is 10.1. The molecule has 4 rings (SSSR count). The van der Waals surface area contributed by atoms with E-state index >= 15 is 0 Å². The van der Waals surface area contributed by atoms with E-state index in [4.69, 9.17) is 9.47 Å². The third-order valence-corrected chi connectivity index (χ3v) is 4.52. The van der Waals surface area contributed by atoms with Crippen LogP contribution in [-0.2, 0) is 6.54 Å². The lowest BCUT2D eigenvalue weighted by Gasteiger charge is -2.14. The Hall–Kier alpha value is -3.09. The first-order valence-electron chi connectivity index (χ1n) is 8.63. The maximum atomic E-state index is 12.4. The normalized spacial score (nSPS) is 15.2. The highest BCUT2D eigenvalue weighted by atomic mass is 16.7. The number of carbonyl (C=O) groups excluding carboxylic acids is 2. The van der Waals surface area contributed by atoms with Gasteiger partial charge < -0.3 is 19.7 Å². The van der Waals surface area contributed by atoms with Crippen LogP contribution in [0.4, 0.5) is 0 Å². The molecule has 1 fully saturated rings. The predicted octanol–water partition coefficient (Wildman–Crippen LogP) is 1.98. The fourth-order valence-electron chi connectivity index (χ4n) is 3.11. The molecule has 2 aromatic rings. The van der Waals surface area contributed by atoms with E-state index in [-0.39, 0.29) is 18.6 Å². The summed E-state index contributed by atoms with van der Waals surface area (Å²) in [6, 6.07) is 8.70. The largest absolute Gasteiger partial charge is 0.454 e. The average Bonchev–Trinajstić information content (AvgIpc) is 3.36. The summed E-state index contributed by atoms with van der Waals surface area (Å²) < 4.78 is 10.6. The molecule has 7 heteroatoms. The van der Waals surface area contributed by atoms with E-state index in [2.05, 4.69) is 10.3 Å². The maximum Gasteiger partial charge on any atom is 0.272 e. The molecule has 1 aromatic heterocycles. The van der Waals surface area contributed by atoms with Crippen LogP contribution in [0.5, 0.6) is 11.5 Å². The van der Waals surface area contributed by atoms with Crippen LogP contribution in [0.3, 0.4) is 0 Å². The molecule has 0 unspecified atom stereocenters. The number of rotatable bonds is 4. The molecule has 0 spiro atoms. The fraction of sp³-hybridized carbons (Fsp3) is 0.316. The molecule has 0 aliphatic carbocycles. The molecular weight excluding hydrogens is 334 g/mol. The summed E-state index contributed by atoms with van der Waals surface area (Å²) in [5.74, 6) is 1.02. The first kappa shape index (κ1) is 16.4. The summed E-state index contributed by atoms with van der Waals surface area (Å²) >= 11 is 0. The zero-order valence-electron chi connectivity index (χ0n) is 14.2. The highest BCUT2D eigenvalue weighted by molar-refractivity contribution is 5.98. The number of nitrogens with one attached hydrogen (secondary N) is 1. The third-order valence-electron chi connectivity index (χ3n) is 4.52. The highest BCUT2D eigenvalue weighted by Gasteiger charge is 2.21. The van der Waals surface area contributed by atoms with E-state index in [1.807, 2.05) is 18.2 Å². The third kappa shape index (κ3) is 3.33. The number of benzene rings is 1. The van der Waals surface area contributed by atoms with Crippen LogP contribution in [0.1, 0.15) is 39.3 Å². The smallest absolute Gasteiger partial charge is 0.272 e. The summed E-state index contributed by atoms with van der Waals surface area (Å²) in [5.41, 5.74) is 1.64. The van der Waals surface area contributed by atoms with E-state index in [0.29, 0.717) is 29.3 Å². The Morgan fingerprint density at radius 3 is 2.73 bits per heavy atom. The molecule has 26 heavy (non-hydrogen) atoms. The van der Waals surface area contributed by atoms with Gasteiger partial charge >= 0.3 is 0 Å². The summed E-state index contributed by atoms with van der Waals surface area (Å²) in [4.78, 5) is 30.7. The molecule has 0 radical (unpaired) electrons. The number of likely N-dealkylation sites (tertiary alicyclic amines) is 1. The van der Waals surface area contributed by atoms with Gasteiger partial charge in [-0.2, -0.15) is 0 Å². The van der Waals surface area contributed by atoms with Gasteiger partial charge in [-0.05, 0) is 42.7 Å². The quantitative estimate of drug-likeness (QED) is 0.909. The molecule has 1 aromatic carbocycles. The Morgan fingerprint density at radius 1 is 1.08 bits per heavy atom. The molecule has 2 amide bonds. The van der Waals surface area contributed by atoms with E-state index in [9.17, 15) is 9.59 Å². The molecule has 1 saturated heterocycles. The minimum atomic E-state index is -0.250. The number of hydrogen-bond donors (Lipinski definition) is 1. The highest BCUT2D eigenvalue weighted by Crippen LogP contribution is 2.32. The number of carbonyl (C=O) groups is 2. The second-order valence-electron chi connectivity index (χ2n) is 6.30. The predicted molar refractivity (Wildman–Crippen MR) is 93.1 cm³/mol. The number of nitrogens with zero attached hydrogens (tertiary/aromatic N) is 2. The lowest BCUT2D eigenvalue weighted by molar-refractivity contribution is 0.0787. The van der Waals surface area contributed by atoms with Crippen LogP contribution in [0.25, 0.3) is 0 Å². The Morgan fingerprint density at radius 2 is 1.88 bits per heavy atom. The SMILES string of the molecule is O=C(NCc1ccc2c(c1)OCO2)c1ccnc(C(=O)N2CCCC2)c1. The van der Waals surface area contributed by atoms with Crippen LogP contribution in [0.2, 0.25) is 0 Å². The zero-order valence-corrected chi connectivity index (χ0v) is 14.2. The Bertz CT molecular complexity index is 846. The van der Waals surface area contributed by atoms with Gasteiger partial charge in [0, 0.05) is 31.4 Å². The van der Waals surface area contributed by atoms with Crippen LogP contribution in [0, 0.1) is 0 Å². The molecule has 3 heterocycles. The van der Waals surface area contributed by atoms with Crippen LogP contribution < -0.4 is 14.8 Å². The van der Waals surface area contributed by atoms with Crippen LogP contribution in [0.15, 0.2) is 36.5 Å². The number of ether oxygens (including phenoxy) is 2. The standard InChI is InChI=1S/C19H19N3O4/c23-18(21-11-13-3-4-16-17(9-13)26-12-25-16)14-5-6-20-15(10-14)19(24)22-7-1-2-8-22/h3-6,9-10H,1-2,7-8,11-12H2,(H,21,23). The first-order valence-corrected chi connectivity index (χ1v) is 8.63. The number of aromatic nitrogens is 1. The van der Waals surface area contributed by atoms with Gasteiger partial charge in [0.15, 0.2) is 11.5 Å². The summed E-state index contributed by atoms with van der Waals surface area (Å²) in [6.45, 7) is 2.07. The minimum absolute atomic E-state index is 0.118. The van der Waals surface area contributed by atoms with E-state index in [0.717, 1.165) is 31.5 Å².